The lowest BCUT2D eigenvalue weighted by molar-refractivity contribution is 0.149. The van der Waals surface area contributed by atoms with Gasteiger partial charge in [-0.15, -0.1) is 12.4 Å². The number of carbonyl (C=O) groups excluding carboxylic acids is 1. The van der Waals surface area contributed by atoms with Crippen molar-refractivity contribution in [2.75, 3.05) is 6.61 Å². The molecule has 0 spiro atoms. The molecule has 1 aromatic carbocycles. The van der Waals surface area contributed by atoms with Crippen LogP contribution in [0, 0.1) is 0 Å². The number of benzene rings is 1. The summed E-state index contributed by atoms with van der Waals surface area (Å²) in [6.07, 6.45) is -0.260. The minimum Gasteiger partial charge on any atom is -0.508 e. The predicted octanol–water partition coefficient (Wildman–Crippen LogP) is 0.779. The molecule has 6 heteroatoms. The monoisotopic (exact) mass is 246 g/mol. The molecule has 0 saturated carbocycles. The first kappa shape index (κ1) is 14.5. The van der Waals surface area contributed by atoms with E-state index in [4.69, 9.17) is 16.6 Å². The summed E-state index contributed by atoms with van der Waals surface area (Å²) in [5, 5.41) is 9.05. The highest BCUT2D eigenvalue weighted by atomic mass is 35.5. The number of primary amides is 1. The maximum Gasteiger partial charge on any atom is 0.404 e. The first-order valence-corrected chi connectivity index (χ1v) is 4.53. The van der Waals surface area contributed by atoms with Crippen molar-refractivity contribution in [2.24, 2.45) is 11.5 Å². The first-order chi connectivity index (χ1) is 7.08. The van der Waals surface area contributed by atoms with Gasteiger partial charge in [0, 0.05) is 6.04 Å². The maximum absolute atomic E-state index is 10.3. The largest absolute Gasteiger partial charge is 0.508 e. The van der Waals surface area contributed by atoms with Crippen LogP contribution in [0.4, 0.5) is 4.79 Å². The zero-order valence-electron chi connectivity index (χ0n) is 8.63. The SMILES string of the molecule is Cl.NC(=O)OC[C@H](N)Cc1ccc(O)cc1. The molecule has 1 atom stereocenters. The molecule has 0 aromatic heterocycles. The molecule has 0 aliphatic carbocycles. The van der Waals surface area contributed by atoms with Gasteiger partial charge < -0.3 is 21.3 Å². The van der Waals surface area contributed by atoms with Crippen molar-refractivity contribution < 1.29 is 14.6 Å². The van der Waals surface area contributed by atoms with Crippen LogP contribution in [0.25, 0.3) is 0 Å². The van der Waals surface area contributed by atoms with Gasteiger partial charge in [0.25, 0.3) is 0 Å². The third kappa shape index (κ3) is 5.43. The highest BCUT2D eigenvalue weighted by Gasteiger charge is 2.06. The van der Waals surface area contributed by atoms with Gasteiger partial charge in [-0.25, -0.2) is 4.79 Å². The molecule has 1 amide bonds. The molecule has 0 fully saturated rings. The number of halogens is 1. The van der Waals surface area contributed by atoms with Crippen LogP contribution >= 0.6 is 12.4 Å². The Labute approximate surface area is 99.8 Å². The van der Waals surface area contributed by atoms with E-state index in [0.29, 0.717) is 6.42 Å². The van der Waals surface area contributed by atoms with Gasteiger partial charge in [-0.05, 0) is 24.1 Å². The Morgan fingerprint density at radius 2 is 1.94 bits per heavy atom. The van der Waals surface area contributed by atoms with Crippen molar-refractivity contribution in [2.45, 2.75) is 12.5 Å². The van der Waals surface area contributed by atoms with Crippen molar-refractivity contribution in [3.05, 3.63) is 29.8 Å². The Kier molecular flexibility index (Phi) is 6.29. The Morgan fingerprint density at radius 1 is 1.38 bits per heavy atom. The summed E-state index contributed by atoms with van der Waals surface area (Å²) in [7, 11) is 0. The van der Waals surface area contributed by atoms with Crippen LogP contribution in [0.15, 0.2) is 24.3 Å². The second kappa shape index (κ2) is 6.92. The Morgan fingerprint density at radius 3 is 2.44 bits per heavy atom. The average Bonchev–Trinajstić information content (AvgIpc) is 2.19. The Balaban J connectivity index is 0.00000225. The van der Waals surface area contributed by atoms with Crippen LogP contribution in [0.3, 0.4) is 0 Å². The minimum atomic E-state index is -0.823. The van der Waals surface area contributed by atoms with Crippen LogP contribution in [0.5, 0.6) is 5.75 Å². The summed E-state index contributed by atoms with van der Waals surface area (Å²) >= 11 is 0. The number of rotatable bonds is 4. The van der Waals surface area contributed by atoms with Gasteiger partial charge in [0.1, 0.15) is 12.4 Å². The van der Waals surface area contributed by atoms with Crippen molar-refractivity contribution in [3.8, 4) is 5.75 Å². The molecule has 16 heavy (non-hydrogen) atoms. The third-order valence-electron chi connectivity index (χ3n) is 1.87. The minimum absolute atomic E-state index is 0. The van der Waals surface area contributed by atoms with Gasteiger partial charge in [0.15, 0.2) is 0 Å². The Hall–Kier alpha value is -1.46. The van der Waals surface area contributed by atoms with Gasteiger partial charge in [0.05, 0.1) is 0 Å². The zero-order valence-corrected chi connectivity index (χ0v) is 9.44. The molecule has 0 aliphatic heterocycles. The van der Waals surface area contributed by atoms with Gasteiger partial charge in [0.2, 0.25) is 0 Å². The second-order valence-electron chi connectivity index (χ2n) is 3.26. The lowest BCUT2D eigenvalue weighted by Gasteiger charge is -2.10. The van der Waals surface area contributed by atoms with E-state index in [2.05, 4.69) is 4.74 Å². The summed E-state index contributed by atoms with van der Waals surface area (Å²) in [5.41, 5.74) is 11.5. The fourth-order valence-electron chi connectivity index (χ4n) is 1.18. The molecule has 1 rings (SSSR count). The van der Waals surface area contributed by atoms with Crippen molar-refractivity contribution in [1.29, 1.82) is 0 Å². The molecule has 0 bridgehead atoms. The van der Waals surface area contributed by atoms with E-state index in [-0.39, 0.29) is 30.8 Å². The summed E-state index contributed by atoms with van der Waals surface area (Å²) < 4.78 is 4.56. The number of hydrogen-bond acceptors (Lipinski definition) is 4. The summed E-state index contributed by atoms with van der Waals surface area (Å²) in [4.78, 5) is 10.3. The topological polar surface area (TPSA) is 98.6 Å². The van der Waals surface area contributed by atoms with Gasteiger partial charge in [-0.3, -0.25) is 0 Å². The molecule has 90 valence electrons. The molecule has 0 unspecified atom stereocenters. The molecule has 0 aliphatic rings. The van der Waals surface area contributed by atoms with Crippen LogP contribution in [-0.4, -0.2) is 23.8 Å². The summed E-state index contributed by atoms with van der Waals surface area (Å²) in [5.74, 6) is 0.209. The average molecular weight is 247 g/mol. The number of hydrogen-bond donors (Lipinski definition) is 3. The van der Waals surface area contributed by atoms with E-state index in [9.17, 15) is 4.79 Å². The zero-order chi connectivity index (χ0) is 11.3. The van der Waals surface area contributed by atoms with E-state index in [1.807, 2.05) is 0 Å². The van der Waals surface area contributed by atoms with Crippen molar-refractivity contribution in [3.63, 3.8) is 0 Å². The number of nitrogens with two attached hydrogens (primary N) is 2. The molecule has 0 heterocycles. The summed E-state index contributed by atoms with van der Waals surface area (Å²) in [6, 6.07) is 6.40. The van der Waals surface area contributed by atoms with Crippen LogP contribution in [0.1, 0.15) is 5.56 Å². The smallest absolute Gasteiger partial charge is 0.404 e. The predicted molar refractivity (Wildman–Crippen MR) is 62.6 cm³/mol. The normalized spacial score (nSPS) is 11.3. The van der Waals surface area contributed by atoms with Crippen LogP contribution in [-0.2, 0) is 11.2 Å². The van der Waals surface area contributed by atoms with E-state index in [1.54, 1.807) is 24.3 Å². The lowest BCUT2D eigenvalue weighted by atomic mass is 10.1. The van der Waals surface area contributed by atoms with E-state index >= 15 is 0 Å². The Bertz CT molecular complexity index is 329. The standard InChI is InChI=1S/C10H14N2O3.ClH/c11-8(6-15-10(12)14)5-7-1-3-9(13)4-2-7;/h1-4,8,13H,5-6,11H2,(H2,12,14);1H/t8-;/m1./s1. The molecular formula is C10H15ClN2O3. The van der Waals surface area contributed by atoms with Gasteiger partial charge in [-0.2, -0.15) is 0 Å². The maximum atomic E-state index is 10.3. The fourth-order valence-corrected chi connectivity index (χ4v) is 1.18. The molecule has 5 N–H and O–H groups in total. The third-order valence-corrected chi connectivity index (χ3v) is 1.87. The number of phenols is 1. The van der Waals surface area contributed by atoms with E-state index < -0.39 is 6.09 Å². The highest BCUT2D eigenvalue weighted by molar-refractivity contribution is 5.85. The van der Waals surface area contributed by atoms with Crippen molar-refractivity contribution in [1.82, 2.24) is 0 Å². The molecule has 0 radical (unpaired) electrons. The number of ether oxygens (including phenoxy) is 1. The number of carbonyl (C=O) groups is 1. The van der Waals surface area contributed by atoms with Crippen LogP contribution in [0.2, 0.25) is 0 Å². The number of phenolic OH excluding ortho intramolecular Hbond substituents is 1. The van der Waals surface area contributed by atoms with Gasteiger partial charge >= 0.3 is 6.09 Å². The molecule has 1 aromatic rings. The number of aromatic hydroxyl groups is 1. The highest BCUT2D eigenvalue weighted by Crippen LogP contribution is 2.10. The van der Waals surface area contributed by atoms with E-state index in [1.165, 1.54) is 0 Å². The quantitative estimate of drug-likeness (QED) is 0.731. The second-order valence-corrected chi connectivity index (χ2v) is 3.26. The lowest BCUT2D eigenvalue weighted by Crippen LogP contribution is -2.31. The molecule has 0 saturated heterocycles. The summed E-state index contributed by atoms with van der Waals surface area (Å²) in [6.45, 7) is 0.0935. The molecule has 5 nitrogen and oxygen atoms in total. The van der Waals surface area contributed by atoms with Gasteiger partial charge in [-0.1, -0.05) is 12.1 Å². The fraction of sp³-hybridized carbons (Fsp3) is 0.300. The van der Waals surface area contributed by atoms with E-state index in [0.717, 1.165) is 5.56 Å². The number of amides is 1. The molecular weight excluding hydrogens is 232 g/mol. The first-order valence-electron chi connectivity index (χ1n) is 4.53. The van der Waals surface area contributed by atoms with Crippen molar-refractivity contribution >= 4 is 18.5 Å². The van der Waals surface area contributed by atoms with Crippen LogP contribution < -0.4 is 11.5 Å².